The van der Waals surface area contributed by atoms with E-state index in [2.05, 4.69) is 39.7 Å². The van der Waals surface area contributed by atoms with E-state index in [1.807, 2.05) is 48.5 Å². The fourth-order valence-electron chi connectivity index (χ4n) is 3.81. The van der Waals surface area contributed by atoms with Gasteiger partial charge < -0.3 is 9.88 Å². The minimum atomic E-state index is -0.222. The van der Waals surface area contributed by atoms with E-state index < -0.39 is 0 Å². The van der Waals surface area contributed by atoms with Crippen molar-refractivity contribution in [3.8, 4) is 0 Å². The van der Waals surface area contributed by atoms with Gasteiger partial charge >= 0.3 is 0 Å². The predicted octanol–water partition coefficient (Wildman–Crippen LogP) is 4.74. The van der Waals surface area contributed by atoms with Crippen LogP contribution in [0.1, 0.15) is 44.1 Å². The van der Waals surface area contributed by atoms with Crippen molar-refractivity contribution in [3.63, 3.8) is 0 Å². The van der Waals surface area contributed by atoms with Gasteiger partial charge in [0, 0.05) is 23.9 Å². The molecule has 0 saturated carbocycles. The first-order chi connectivity index (χ1) is 14.6. The van der Waals surface area contributed by atoms with Gasteiger partial charge in [0.2, 0.25) is 5.91 Å². The average molecular weight is 468 g/mol. The van der Waals surface area contributed by atoms with Crippen molar-refractivity contribution in [3.05, 3.63) is 64.4 Å². The lowest BCUT2D eigenvalue weighted by Crippen LogP contribution is -2.32. The number of hydrogen-bond acceptors (Lipinski definition) is 4. The van der Waals surface area contributed by atoms with Crippen molar-refractivity contribution in [2.24, 2.45) is 5.10 Å². The zero-order valence-electron chi connectivity index (χ0n) is 17.3. The van der Waals surface area contributed by atoms with Gasteiger partial charge in [0.15, 0.2) is 0 Å². The Kier molecular flexibility index (Phi) is 6.29. The minimum absolute atomic E-state index is 0.0273. The molecule has 0 bridgehead atoms. The van der Waals surface area contributed by atoms with Gasteiger partial charge in [-0.25, -0.2) is 9.99 Å². The molecule has 6 nitrogen and oxygen atoms in total. The molecule has 0 fully saturated rings. The van der Waals surface area contributed by atoms with Crippen molar-refractivity contribution in [2.45, 2.75) is 32.7 Å². The molecule has 0 aliphatic carbocycles. The van der Waals surface area contributed by atoms with E-state index in [0.29, 0.717) is 12.8 Å². The first kappa shape index (κ1) is 20.8. The molecule has 1 atom stereocenters. The Hall–Kier alpha value is -2.51. The second kappa shape index (κ2) is 9.10. The Labute approximate surface area is 185 Å². The summed E-state index contributed by atoms with van der Waals surface area (Å²) < 4.78 is 1.02. The number of para-hydroxylation sites is 2. The number of benzene rings is 2. The lowest BCUT2D eigenvalue weighted by molar-refractivity contribution is -0.133. The minimum Gasteiger partial charge on any atom is -0.340 e. The summed E-state index contributed by atoms with van der Waals surface area (Å²) in [6.07, 6.45) is 1.08. The highest BCUT2D eigenvalue weighted by Crippen LogP contribution is 2.33. The number of aromatic amines is 1. The van der Waals surface area contributed by atoms with Gasteiger partial charge in [-0.2, -0.15) is 5.10 Å². The molecular weight excluding hydrogens is 442 g/mol. The van der Waals surface area contributed by atoms with Crippen LogP contribution in [0, 0.1) is 0 Å². The molecule has 30 heavy (non-hydrogen) atoms. The molecule has 156 valence electrons. The Morgan fingerprint density at radius 1 is 1.17 bits per heavy atom. The summed E-state index contributed by atoms with van der Waals surface area (Å²) >= 11 is 3.48. The Bertz CT molecular complexity index is 1020. The molecule has 2 heterocycles. The standard InChI is InChI=1S/C23H26BrN5O/c1-3-28(4-2)14-13-22(30)29-21(23-25-18-7-5-6-8-19(18)26-23)15-20(27-29)16-9-11-17(24)12-10-16/h5-12,21H,3-4,13-15H2,1-2H3,(H,25,26)/t21-/m0/s1. The molecule has 7 heteroatoms. The van der Waals surface area contributed by atoms with E-state index in [1.54, 1.807) is 5.01 Å². The Balaban J connectivity index is 1.63. The molecule has 0 unspecified atom stereocenters. The summed E-state index contributed by atoms with van der Waals surface area (Å²) in [7, 11) is 0. The van der Waals surface area contributed by atoms with Gasteiger partial charge in [-0.15, -0.1) is 0 Å². The molecule has 4 rings (SSSR count). The maximum atomic E-state index is 13.2. The van der Waals surface area contributed by atoms with E-state index >= 15 is 0 Å². The van der Waals surface area contributed by atoms with Crippen LogP contribution in [0.4, 0.5) is 0 Å². The number of halogens is 1. The van der Waals surface area contributed by atoms with Crippen LogP contribution in [-0.4, -0.2) is 51.1 Å². The van der Waals surface area contributed by atoms with Crippen LogP contribution in [0.5, 0.6) is 0 Å². The number of rotatable bonds is 7. The molecular formula is C23H26BrN5O. The van der Waals surface area contributed by atoms with Crippen molar-refractivity contribution < 1.29 is 4.79 Å². The molecule has 1 aromatic heterocycles. The van der Waals surface area contributed by atoms with Crippen LogP contribution in [0.3, 0.4) is 0 Å². The topological polar surface area (TPSA) is 64.6 Å². The highest BCUT2D eigenvalue weighted by molar-refractivity contribution is 9.10. The van der Waals surface area contributed by atoms with Gasteiger partial charge in [0.1, 0.15) is 11.9 Å². The smallest absolute Gasteiger partial charge is 0.244 e. The fourth-order valence-corrected chi connectivity index (χ4v) is 4.07. The summed E-state index contributed by atoms with van der Waals surface area (Å²) in [6, 6.07) is 15.8. The normalized spacial score (nSPS) is 16.5. The molecule has 0 spiro atoms. The molecule has 1 aliphatic rings. The fraction of sp³-hybridized carbons (Fsp3) is 0.348. The number of imidazole rings is 1. The van der Waals surface area contributed by atoms with Crippen LogP contribution in [0.25, 0.3) is 11.0 Å². The molecule has 1 aliphatic heterocycles. The summed E-state index contributed by atoms with van der Waals surface area (Å²) in [5.41, 5.74) is 3.81. The number of H-pyrrole nitrogens is 1. The maximum absolute atomic E-state index is 13.2. The summed E-state index contributed by atoms with van der Waals surface area (Å²) in [6.45, 7) is 6.84. The van der Waals surface area contributed by atoms with Gasteiger partial charge in [-0.05, 0) is 42.9 Å². The van der Waals surface area contributed by atoms with Crippen LogP contribution in [-0.2, 0) is 4.79 Å². The van der Waals surface area contributed by atoms with Crippen LogP contribution in [0.2, 0.25) is 0 Å². The van der Waals surface area contributed by atoms with E-state index in [1.165, 1.54) is 0 Å². The van der Waals surface area contributed by atoms with Gasteiger partial charge in [-0.3, -0.25) is 4.79 Å². The molecule has 0 radical (unpaired) electrons. The van der Waals surface area contributed by atoms with Crippen molar-refractivity contribution in [1.29, 1.82) is 0 Å². The third kappa shape index (κ3) is 4.32. The van der Waals surface area contributed by atoms with E-state index in [-0.39, 0.29) is 11.9 Å². The third-order valence-electron chi connectivity index (χ3n) is 5.60. The Morgan fingerprint density at radius 2 is 1.90 bits per heavy atom. The van der Waals surface area contributed by atoms with Crippen LogP contribution < -0.4 is 0 Å². The van der Waals surface area contributed by atoms with Crippen molar-refractivity contribution in [2.75, 3.05) is 19.6 Å². The quantitative estimate of drug-likeness (QED) is 0.545. The largest absolute Gasteiger partial charge is 0.340 e. The van der Waals surface area contributed by atoms with Crippen molar-refractivity contribution >= 4 is 38.6 Å². The summed E-state index contributed by atoms with van der Waals surface area (Å²) in [5, 5.41) is 6.39. The first-order valence-corrected chi connectivity index (χ1v) is 11.2. The number of nitrogens with zero attached hydrogens (tertiary/aromatic N) is 4. The van der Waals surface area contributed by atoms with Gasteiger partial charge in [0.25, 0.3) is 0 Å². The first-order valence-electron chi connectivity index (χ1n) is 10.4. The lowest BCUT2D eigenvalue weighted by atomic mass is 10.0. The molecule has 1 amide bonds. The predicted molar refractivity (Wildman–Crippen MR) is 123 cm³/mol. The van der Waals surface area contributed by atoms with Gasteiger partial charge in [-0.1, -0.05) is 54.0 Å². The summed E-state index contributed by atoms with van der Waals surface area (Å²) in [4.78, 5) is 23.6. The Morgan fingerprint density at radius 3 is 2.60 bits per heavy atom. The summed E-state index contributed by atoms with van der Waals surface area (Å²) in [5.74, 6) is 0.808. The number of carbonyl (C=O) groups is 1. The number of amides is 1. The molecule has 0 saturated heterocycles. The second-order valence-electron chi connectivity index (χ2n) is 7.43. The number of aromatic nitrogens is 2. The van der Waals surface area contributed by atoms with Crippen molar-refractivity contribution in [1.82, 2.24) is 19.9 Å². The van der Waals surface area contributed by atoms with E-state index in [4.69, 9.17) is 10.1 Å². The zero-order valence-corrected chi connectivity index (χ0v) is 18.9. The maximum Gasteiger partial charge on any atom is 0.244 e. The SMILES string of the molecule is CCN(CC)CCC(=O)N1N=C(c2ccc(Br)cc2)C[C@H]1c1nc2ccccc2[nH]1. The average Bonchev–Trinajstić information content (AvgIpc) is 3.39. The molecule has 3 aromatic rings. The number of nitrogens with one attached hydrogen (secondary N) is 1. The number of hydrazone groups is 1. The number of fused-ring (bicyclic) bond motifs is 1. The number of hydrogen-bond donors (Lipinski definition) is 1. The van der Waals surface area contributed by atoms with Crippen LogP contribution >= 0.6 is 15.9 Å². The molecule has 2 aromatic carbocycles. The third-order valence-corrected chi connectivity index (χ3v) is 6.13. The van der Waals surface area contributed by atoms with Crippen LogP contribution in [0.15, 0.2) is 58.1 Å². The monoisotopic (exact) mass is 467 g/mol. The van der Waals surface area contributed by atoms with E-state index in [0.717, 1.165) is 52.2 Å². The zero-order chi connectivity index (χ0) is 21.1. The number of carbonyl (C=O) groups excluding carboxylic acids is 1. The van der Waals surface area contributed by atoms with E-state index in [9.17, 15) is 4.79 Å². The lowest BCUT2D eigenvalue weighted by Gasteiger charge is -2.22. The highest BCUT2D eigenvalue weighted by atomic mass is 79.9. The second-order valence-corrected chi connectivity index (χ2v) is 8.34. The van der Waals surface area contributed by atoms with Gasteiger partial charge in [0.05, 0.1) is 16.7 Å². The molecule has 1 N–H and O–H groups in total. The highest BCUT2D eigenvalue weighted by Gasteiger charge is 2.35.